The van der Waals surface area contributed by atoms with Crippen LogP contribution in [0.5, 0.6) is 5.75 Å². The van der Waals surface area contributed by atoms with Crippen molar-refractivity contribution in [3.05, 3.63) is 53.9 Å². The maximum Gasteiger partial charge on any atom is 0.138 e. The molecule has 1 heterocycles. The van der Waals surface area contributed by atoms with Crippen molar-refractivity contribution in [1.29, 1.82) is 0 Å². The standard InChI is InChI=1S/C17H17NO/c1-2-8-19-17-10-16(11-18-12-17)15-7-6-13-4-3-5-14(13)9-15/h3,5-7,9-12H,2,4,8H2,1H3. The average molecular weight is 251 g/mol. The Morgan fingerprint density at radius 3 is 3.00 bits per heavy atom. The maximum absolute atomic E-state index is 5.63. The Hall–Kier alpha value is -2.09. The molecule has 2 nitrogen and oxygen atoms in total. The Balaban J connectivity index is 1.91. The van der Waals surface area contributed by atoms with Gasteiger partial charge in [0.15, 0.2) is 0 Å². The fourth-order valence-corrected chi connectivity index (χ4v) is 2.30. The Labute approximate surface area is 113 Å². The van der Waals surface area contributed by atoms with E-state index in [1.807, 2.05) is 6.20 Å². The van der Waals surface area contributed by atoms with E-state index in [0.29, 0.717) is 0 Å². The largest absolute Gasteiger partial charge is 0.492 e. The lowest BCUT2D eigenvalue weighted by Crippen LogP contribution is -1.95. The number of nitrogens with zero attached hydrogens (tertiary/aromatic N) is 1. The molecular formula is C17H17NO. The molecule has 19 heavy (non-hydrogen) atoms. The summed E-state index contributed by atoms with van der Waals surface area (Å²) < 4.78 is 5.63. The topological polar surface area (TPSA) is 22.1 Å². The molecule has 96 valence electrons. The van der Waals surface area contributed by atoms with Gasteiger partial charge in [-0.15, -0.1) is 0 Å². The van der Waals surface area contributed by atoms with Gasteiger partial charge in [0.2, 0.25) is 0 Å². The van der Waals surface area contributed by atoms with Crippen molar-refractivity contribution in [3.63, 3.8) is 0 Å². The number of benzene rings is 1. The minimum absolute atomic E-state index is 0.734. The molecule has 0 saturated heterocycles. The number of rotatable bonds is 4. The normalized spacial score (nSPS) is 12.5. The highest BCUT2D eigenvalue weighted by atomic mass is 16.5. The second-order valence-electron chi connectivity index (χ2n) is 4.78. The first kappa shape index (κ1) is 12.0. The molecule has 1 aliphatic carbocycles. The molecule has 0 aliphatic heterocycles. The summed E-state index contributed by atoms with van der Waals surface area (Å²) in [7, 11) is 0. The van der Waals surface area contributed by atoms with Crippen LogP contribution in [0.4, 0.5) is 0 Å². The highest BCUT2D eigenvalue weighted by molar-refractivity contribution is 5.71. The van der Waals surface area contributed by atoms with Gasteiger partial charge in [-0.2, -0.15) is 0 Å². The summed E-state index contributed by atoms with van der Waals surface area (Å²) in [4.78, 5) is 4.26. The molecule has 2 aromatic rings. The number of allylic oxidation sites excluding steroid dienone is 1. The summed E-state index contributed by atoms with van der Waals surface area (Å²) in [6, 6.07) is 8.64. The van der Waals surface area contributed by atoms with Crippen molar-refractivity contribution >= 4 is 6.08 Å². The van der Waals surface area contributed by atoms with Crippen molar-refractivity contribution in [2.75, 3.05) is 6.61 Å². The predicted octanol–water partition coefficient (Wildman–Crippen LogP) is 4.11. The molecule has 0 bridgehead atoms. The van der Waals surface area contributed by atoms with Crippen LogP contribution in [-0.2, 0) is 6.42 Å². The zero-order chi connectivity index (χ0) is 13.1. The van der Waals surface area contributed by atoms with Crippen LogP contribution in [0.1, 0.15) is 24.5 Å². The van der Waals surface area contributed by atoms with E-state index in [2.05, 4.69) is 48.3 Å². The monoisotopic (exact) mass is 251 g/mol. The molecule has 2 heteroatoms. The Morgan fingerprint density at radius 2 is 2.11 bits per heavy atom. The summed E-state index contributed by atoms with van der Waals surface area (Å²) in [5.41, 5.74) is 5.02. The maximum atomic E-state index is 5.63. The van der Waals surface area contributed by atoms with E-state index in [1.165, 1.54) is 16.7 Å². The van der Waals surface area contributed by atoms with Crippen LogP contribution in [0, 0.1) is 0 Å². The molecule has 0 unspecified atom stereocenters. The average Bonchev–Trinajstić information content (AvgIpc) is 2.92. The third-order valence-corrected chi connectivity index (χ3v) is 3.30. The van der Waals surface area contributed by atoms with Crippen LogP contribution in [0.25, 0.3) is 17.2 Å². The summed E-state index contributed by atoms with van der Waals surface area (Å²) in [6.45, 7) is 2.84. The van der Waals surface area contributed by atoms with Gasteiger partial charge in [-0.3, -0.25) is 4.98 Å². The molecule has 1 aromatic carbocycles. The Kier molecular flexibility index (Phi) is 3.32. The molecule has 0 atom stereocenters. The molecule has 1 aromatic heterocycles. The second kappa shape index (κ2) is 5.27. The van der Waals surface area contributed by atoms with Crippen LogP contribution < -0.4 is 4.74 Å². The van der Waals surface area contributed by atoms with E-state index >= 15 is 0 Å². The number of fused-ring (bicyclic) bond motifs is 1. The van der Waals surface area contributed by atoms with E-state index in [4.69, 9.17) is 4.74 Å². The third kappa shape index (κ3) is 2.53. The lowest BCUT2D eigenvalue weighted by Gasteiger charge is -2.08. The third-order valence-electron chi connectivity index (χ3n) is 3.30. The zero-order valence-corrected chi connectivity index (χ0v) is 11.1. The van der Waals surface area contributed by atoms with Gasteiger partial charge < -0.3 is 4.74 Å². The van der Waals surface area contributed by atoms with Crippen LogP contribution in [0.3, 0.4) is 0 Å². The SMILES string of the molecule is CCCOc1cncc(-c2ccc3c(c2)C=CC3)c1. The quantitative estimate of drug-likeness (QED) is 0.816. The van der Waals surface area contributed by atoms with Crippen molar-refractivity contribution in [2.45, 2.75) is 19.8 Å². The lowest BCUT2D eigenvalue weighted by molar-refractivity contribution is 0.316. The summed E-state index contributed by atoms with van der Waals surface area (Å²) in [5, 5.41) is 0. The first-order chi connectivity index (χ1) is 9.36. The molecule has 0 amide bonds. The first-order valence-corrected chi connectivity index (χ1v) is 6.74. The van der Waals surface area contributed by atoms with Crippen molar-refractivity contribution in [3.8, 4) is 16.9 Å². The van der Waals surface area contributed by atoms with Crippen molar-refractivity contribution in [2.24, 2.45) is 0 Å². The number of aromatic nitrogens is 1. The van der Waals surface area contributed by atoms with Gasteiger partial charge in [-0.1, -0.05) is 31.2 Å². The van der Waals surface area contributed by atoms with Crippen LogP contribution in [0.2, 0.25) is 0 Å². The van der Waals surface area contributed by atoms with E-state index in [1.54, 1.807) is 6.20 Å². The summed E-state index contributed by atoms with van der Waals surface area (Å²) >= 11 is 0. The van der Waals surface area contributed by atoms with Gasteiger partial charge in [-0.25, -0.2) is 0 Å². The van der Waals surface area contributed by atoms with Crippen LogP contribution >= 0.6 is 0 Å². The van der Waals surface area contributed by atoms with Gasteiger partial charge in [0, 0.05) is 11.8 Å². The summed E-state index contributed by atoms with van der Waals surface area (Å²) in [6.07, 6.45) is 10.1. The van der Waals surface area contributed by atoms with E-state index in [-0.39, 0.29) is 0 Å². The molecule has 0 radical (unpaired) electrons. The molecule has 3 rings (SSSR count). The van der Waals surface area contributed by atoms with Crippen LogP contribution in [0.15, 0.2) is 42.7 Å². The van der Waals surface area contributed by atoms with Gasteiger partial charge in [0.25, 0.3) is 0 Å². The smallest absolute Gasteiger partial charge is 0.138 e. The zero-order valence-electron chi connectivity index (χ0n) is 11.1. The number of hydrogen-bond donors (Lipinski definition) is 0. The van der Waals surface area contributed by atoms with E-state index in [9.17, 15) is 0 Å². The number of ether oxygens (including phenoxy) is 1. The Bertz CT molecular complexity index is 616. The minimum Gasteiger partial charge on any atom is -0.492 e. The highest BCUT2D eigenvalue weighted by Crippen LogP contribution is 2.28. The van der Waals surface area contributed by atoms with Gasteiger partial charge in [0.1, 0.15) is 5.75 Å². The molecular weight excluding hydrogens is 234 g/mol. The fourth-order valence-electron chi connectivity index (χ4n) is 2.30. The number of pyridine rings is 1. The molecule has 0 saturated carbocycles. The molecule has 0 N–H and O–H groups in total. The molecule has 1 aliphatic rings. The van der Waals surface area contributed by atoms with Gasteiger partial charge in [0.05, 0.1) is 12.8 Å². The molecule has 0 fully saturated rings. The van der Waals surface area contributed by atoms with Gasteiger partial charge >= 0.3 is 0 Å². The van der Waals surface area contributed by atoms with Gasteiger partial charge in [-0.05, 0) is 41.7 Å². The predicted molar refractivity (Wildman–Crippen MR) is 78.2 cm³/mol. The van der Waals surface area contributed by atoms with Crippen LogP contribution in [-0.4, -0.2) is 11.6 Å². The van der Waals surface area contributed by atoms with Crippen molar-refractivity contribution < 1.29 is 4.74 Å². The second-order valence-corrected chi connectivity index (χ2v) is 4.78. The van der Waals surface area contributed by atoms with E-state index in [0.717, 1.165) is 30.8 Å². The number of hydrogen-bond acceptors (Lipinski definition) is 2. The summed E-state index contributed by atoms with van der Waals surface area (Å²) in [5.74, 6) is 0.843. The highest BCUT2D eigenvalue weighted by Gasteiger charge is 2.07. The fraction of sp³-hybridized carbons (Fsp3) is 0.235. The van der Waals surface area contributed by atoms with Crippen molar-refractivity contribution in [1.82, 2.24) is 4.98 Å². The lowest BCUT2D eigenvalue weighted by atomic mass is 10.0. The minimum atomic E-state index is 0.734. The molecule has 0 spiro atoms. The first-order valence-electron chi connectivity index (χ1n) is 6.74. The Morgan fingerprint density at radius 1 is 1.16 bits per heavy atom. The van der Waals surface area contributed by atoms with E-state index < -0.39 is 0 Å².